The smallest absolute Gasteiger partial charge is 0.358 e. The van der Waals surface area contributed by atoms with E-state index in [1.54, 1.807) is 12.5 Å². The maximum Gasteiger partial charge on any atom is 0.358 e. The Balaban J connectivity index is 1.79. The van der Waals surface area contributed by atoms with Gasteiger partial charge in [0.1, 0.15) is 12.1 Å². The summed E-state index contributed by atoms with van der Waals surface area (Å²) >= 11 is 0. The topological polar surface area (TPSA) is 86.0 Å². The van der Waals surface area contributed by atoms with Gasteiger partial charge in [0.2, 0.25) is 0 Å². The van der Waals surface area contributed by atoms with Gasteiger partial charge in [0.05, 0.1) is 26.0 Å². The van der Waals surface area contributed by atoms with E-state index < -0.39 is 5.97 Å². The van der Waals surface area contributed by atoms with Gasteiger partial charge >= 0.3 is 5.97 Å². The minimum absolute atomic E-state index is 0.200. The normalized spacial score (nSPS) is 14.1. The second kappa shape index (κ2) is 4.63. The molecular formula is C11H12N6O2. The Bertz CT molecular complexity index is 593. The predicted octanol–water partition coefficient (Wildman–Crippen LogP) is -0.125. The molecule has 98 valence electrons. The Kier molecular flexibility index (Phi) is 2.82. The quantitative estimate of drug-likeness (QED) is 0.695. The van der Waals surface area contributed by atoms with Crippen LogP contribution in [0.5, 0.6) is 0 Å². The van der Waals surface area contributed by atoms with Crippen LogP contribution < -0.4 is 4.90 Å². The summed E-state index contributed by atoms with van der Waals surface area (Å²) in [5, 5.41) is 7.91. The van der Waals surface area contributed by atoms with E-state index >= 15 is 0 Å². The van der Waals surface area contributed by atoms with Crippen molar-refractivity contribution in [2.45, 2.75) is 13.1 Å². The van der Waals surface area contributed by atoms with Gasteiger partial charge in [-0.3, -0.25) is 0 Å². The molecule has 0 aromatic carbocycles. The highest BCUT2D eigenvalue weighted by molar-refractivity contribution is 5.86. The van der Waals surface area contributed by atoms with Crippen molar-refractivity contribution >= 4 is 11.8 Å². The first-order valence-electron chi connectivity index (χ1n) is 5.80. The number of anilines is 1. The molecule has 1 aliphatic heterocycles. The first kappa shape index (κ1) is 11.6. The van der Waals surface area contributed by atoms with Crippen LogP contribution in [0, 0.1) is 0 Å². The molecule has 3 rings (SSSR count). The van der Waals surface area contributed by atoms with Crippen LogP contribution in [0.1, 0.15) is 16.3 Å². The van der Waals surface area contributed by atoms with E-state index in [0.29, 0.717) is 12.4 Å². The lowest BCUT2D eigenvalue weighted by Crippen LogP contribution is -2.34. The molecule has 0 unspecified atom stereocenters. The molecule has 0 aliphatic carbocycles. The van der Waals surface area contributed by atoms with Crippen LogP contribution in [0.25, 0.3) is 0 Å². The molecule has 0 bridgehead atoms. The zero-order valence-corrected chi connectivity index (χ0v) is 10.4. The first-order valence-corrected chi connectivity index (χ1v) is 5.80. The van der Waals surface area contributed by atoms with Gasteiger partial charge in [-0.05, 0) is 0 Å². The molecule has 2 aromatic heterocycles. The maximum absolute atomic E-state index is 11.3. The van der Waals surface area contributed by atoms with Crippen molar-refractivity contribution in [2.24, 2.45) is 0 Å². The largest absolute Gasteiger partial charge is 0.464 e. The minimum atomic E-state index is -0.488. The van der Waals surface area contributed by atoms with E-state index in [9.17, 15) is 4.79 Å². The van der Waals surface area contributed by atoms with Crippen LogP contribution in [-0.4, -0.2) is 44.4 Å². The summed E-state index contributed by atoms with van der Waals surface area (Å²) in [4.78, 5) is 21.6. The third-order valence-corrected chi connectivity index (χ3v) is 3.00. The van der Waals surface area contributed by atoms with Crippen LogP contribution in [0.4, 0.5) is 5.82 Å². The van der Waals surface area contributed by atoms with Crippen LogP contribution in [0.15, 0.2) is 18.7 Å². The number of hydrogen-bond donors (Lipinski definition) is 0. The molecular weight excluding hydrogens is 248 g/mol. The molecule has 19 heavy (non-hydrogen) atoms. The number of nitrogens with zero attached hydrogens (tertiary/aromatic N) is 6. The molecule has 8 heteroatoms. The summed E-state index contributed by atoms with van der Waals surface area (Å²) in [5.74, 6) is 1.12. The van der Waals surface area contributed by atoms with Gasteiger partial charge in [0, 0.05) is 13.1 Å². The summed E-state index contributed by atoms with van der Waals surface area (Å²) in [6.07, 6.45) is 4.71. The number of carbonyl (C=O) groups is 1. The van der Waals surface area contributed by atoms with Crippen molar-refractivity contribution in [1.29, 1.82) is 0 Å². The second-order valence-corrected chi connectivity index (χ2v) is 4.11. The fraction of sp³-hybridized carbons (Fsp3) is 0.364. The zero-order valence-electron chi connectivity index (χ0n) is 10.4. The van der Waals surface area contributed by atoms with E-state index in [4.69, 9.17) is 0 Å². The molecule has 0 saturated carbocycles. The van der Waals surface area contributed by atoms with E-state index in [1.807, 2.05) is 9.47 Å². The summed E-state index contributed by atoms with van der Waals surface area (Å²) in [6, 6.07) is 0. The SMILES string of the molecule is COC(=O)c1cnc(N2CCn3cnnc3C2)cn1. The number of fused-ring (bicyclic) bond motifs is 1. The van der Waals surface area contributed by atoms with Gasteiger partial charge in [-0.1, -0.05) is 0 Å². The summed E-state index contributed by atoms with van der Waals surface area (Å²) < 4.78 is 6.59. The number of hydrogen-bond acceptors (Lipinski definition) is 7. The van der Waals surface area contributed by atoms with Crippen molar-refractivity contribution in [3.8, 4) is 0 Å². The lowest BCUT2D eigenvalue weighted by molar-refractivity contribution is 0.0593. The summed E-state index contributed by atoms with van der Waals surface area (Å²) in [7, 11) is 1.31. The Morgan fingerprint density at radius 1 is 1.32 bits per heavy atom. The Hall–Kier alpha value is -2.51. The van der Waals surface area contributed by atoms with Crippen molar-refractivity contribution in [3.05, 3.63) is 30.2 Å². The summed E-state index contributed by atoms with van der Waals surface area (Å²) in [6.45, 7) is 2.24. The van der Waals surface area contributed by atoms with Gasteiger partial charge in [0.15, 0.2) is 11.5 Å². The van der Waals surface area contributed by atoms with E-state index in [-0.39, 0.29) is 5.69 Å². The lowest BCUT2D eigenvalue weighted by atomic mass is 10.3. The first-order chi connectivity index (χ1) is 9.28. The third kappa shape index (κ3) is 2.12. The Morgan fingerprint density at radius 3 is 2.95 bits per heavy atom. The van der Waals surface area contributed by atoms with E-state index in [1.165, 1.54) is 13.3 Å². The fourth-order valence-corrected chi connectivity index (χ4v) is 1.96. The van der Waals surface area contributed by atoms with Crippen LogP contribution >= 0.6 is 0 Å². The molecule has 8 nitrogen and oxygen atoms in total. The average Bonchev–Trinajstić information content (AvgIpc) is 2.94. The van der Waals surface area contributed by atoms with Gasteiger partial charge in [-0.15, -0.1) is 10.2 Å². The molecule has 0 fully saturated rings. The molecule has 0 amide bonds. The molecule has 1 aliphatic rings. The average molecular weight is 260 g/mol. The highest BCUT2D eigenvalue weighted by Crippen LogP contribution is 2.16. The number of methoxy groups -OCH3 is 1. The molecule has 0 saturated heterocycles. The Labute approximate surface area is 109 Å². The zero-order chi connectivity index (χ0) is 13.2. The second-order valence-electron chi connectivity index (χ2n) is 4.11. The fourth-order valence-electron chi connectivity index (χ4n) is 1.96. The van der Waals surface area contributed by atoms with Crippen LogP contribution in [-0.2, 0) is 17.8 Å². The molecule has 2 aromatic rings. The minimum Gasteiger partial charge on any atom is -0.464 e. The number of ether oxygens (including phenoxy) is 1. The molecule has 0 atom stereocenters. The molecule has 0 spiro atoms. The van der Waals surface area contributed by atoms with Crippen molar-refractivity contribution < 1.29 is 9.53 Å². The number of esters is 1. The highest BCUT2D eigenvalue weighted by atomic mass is 16.5. The van der Waals surface area contributed by atoms with Crippen molar-refractivity contribution in [3.63, 3.8) is 0 Å². The van der Waals surface area contributed by atoms with E-state index in [2.05, 4.69) is 24.9 Å². The maximum atomic E-state index is 11.3. The molecule has 3 heterocycles. The van der Waals surface area contributed by atoms with Gasteiger partial charge in [-0.2, -0.15) is 0 Å². The van der Waals surface area contributed by atoms with Gasteiger partial charge < -0.3 is 14.2 Å². The standard InChI is InChI=1S/C11H12N6O2/c1-19-11(18)8-4-13-9(5-12-8)16-2-3-17-7-14-15-10(17)6-16/h4-5,7H,2-3,6H2,1H3. The highest BCUT2D eigenvalue weighted by Gasteiger charge is 2.19. The monoisotopic (exact) mass is 260 g/mol. The van der Waals surface area contributed by atoms with Crippen molar-refractivity contribution in [1.82, 2.24) is 24.7 Å². The van der Waals surface area contributed by atoms with Crippen LogP contribution in [0.2, 0.25) is 0 Å². The Morgan fingerprint density at radius 2 is 2.21 bits per heavy atom. The number of rotatable bonds is 2. The molecule has 0 N–H and O–H groups in total. The van der Waals surface area contributed by atoms with Crippen LogP contribution in [0.3, 0.4) is 0 Å². The molecule has 0 radical (unpaired) electrons. The number of carbonyl (C=O) groups excluding carboxylic acids is 1. The van der Waals surface area contributed by atoms with Crippen molar-refractivity contribution in [2.75, 3.05) is 18.6 Å². The third-order valence-electron chi connectivity index (χ3n) is 3.00. The lowest BCUT2D eigenvalue weighted by Gasteiger charge is -2.27. The number of aromatic nitrogens is 5. The van der Waals surface area contributed by atoms with Gasteiger partial charge in [-0.25, -0.2) is 14.8 Å². The van der Waals surface area contributed by atoms with E-state index in [0.717, 1.165) is 18.9 Å². The predicted molar refractivity (Wildman–Crippen MR) is 64.4 cm³/mol. The van der Waals surface area contributed by atoms with Gasteiger partial charge in [0.25, 0.3) is 0 Å². The summed E-state index contributed by atoms with van der Waals surface area (Å²) in [5.41, 5.74) is 0.200.